The Hall–Kier alpha value is -1.81. The highest BCUT2D eigenvalue weighted by Gasteiger charge is 2.29. The van der Waals surface area contributed by atoms with Crippen molar-refractivity contribution in [3.05, 3.63) is 42.2 Å². The zero-order chi connectivity index (χ0) is 14.0. The van der Waals surface area contributed by atoms with Crippen LogP contribution in [0.15, 0.2) is 36.5 Å². The molecule has 3 rings (SSSR count). The molecule has 4 heteroatoms. The SMILES string of the molecule is Cc1cn(-c2ccccc2)c(NCC2(C)CCCO2)n1. The summed E-state index contributed by atoms with van der Waals surface area (Å²) in [6.45, 7) is 5.83. The fourth-order valence-corrected chi connectivity index (χ4v) is 2.65. The first kappa shape index (κ1) is 13.2. The van der Waals surface area contributed by atoms with Gasteiger partial charge in [0.15, 0.2) is 0 Å². The maximum Gasteiger partial charge on any atom is 0.207 e. The number of para-hydroxylation sites is 1. The number of nitrogens with one attached hydrogen (secondary N) is 1. The van der Waals surface area contributed by atoms with Crippen LogP contribution < -0.4 is 5.32 Å². The van der Waals surface area contributed by atoms with Crippen molar-refractivity contribution in [1.82, 2.24) is 9.55 Å². The van der Waals surface area contributed by atoms with E-state index >= 15 is 0 Å². The van der Waals surface area contributed by atoms with E-state index in [1.165, 1.54) is 0 Å². The average Bonchev–Trinajstić information content (AvgIpc) is 3.04. The fourth-order valence-electron chi connectivity index (χ4n) is 2.65. The van der Waals surface area contributed by atoms with Crippen LogP contribution in [-0.4, -0.2) is 28.3 Å². The van der Waals surface area contributed by atoms with Crippen molar-refractivity contribution in [1.29, 1.82) is 0 Å². The number of hydrogen-bond donors (Lipinski definition) is 1. The van der Waals surface area contributed by atoms with Gasteiger partial charge < -0.3 is 10.1 Å². The Bertz CT molecular complexity index is 571. The summed E-state index contributed by atoms with van der Waals surface area (Å²) < 4.78 is 7.91. The van der Waals surface area contributed by atoms with E-state index in [0.717, 1.165) is 43.3 Å². The van der Waals surface area contributed by atoms with Crippen LogP contribution in [0.4, 0.5) is 5.95 Å². The van der Waals surface area contributed by atoms with Gasteiger partial charge in [-0.25, -0.2) is 4.98 Å². The lowest BCUT2D eigenvalue weighted by Gasteiger charge is -2.23. The number of benzene rings is 1. The highest BCUT2D eigenvalue weighted by molar-refractivity contribution is 5.43. The summed E-state index contributed by atoms with van der Waals surface area (Å²) in [5.41, 5.74) is 2.06. The van der Waals surface area contributed by atoms with E-state index in [0.29, 0.717) is 0 Å². The van der Waals surface area contributed by atoms with Crippen molar-refractivity contribution in [2.45, 2.75) is 32.3 Å². The van der Waals surface area contributed by atoms with Gasteiger partial charge in [-0.05, 0) is 38.8 Å². The first-order valence-corrected chi connectivity index (χ1v) is 7.16. The molecule has 0 saturated carbocycles. The molecule has 20 heavy (non-hydrogen) atoms. The largest absolute Gasteiger partial charge is 0.373 e. The van der Waals surface area contributed by atoms with Crippen molar-refractivity contribution in [3.63, 3.8) is 0 Å². The van der Waals surface area contributed by atoms with Crippen LogP contribution in [0.5, 0.6) is 0 Å². The summed E-state index contributed by atoms with van der Waals surface area (Å²) in [4.78, 5) is 4.58. The van der Waals surface area contributed by atoms with E-state index in [-0.39, 0.29) is 5.60 Å². The molecule has 0 spiro atoms. The predicted octanol–water partition coefficient (Wildman–Crippen LogP) is 3.16. The molecule has 1 saturated heterocycles. The van der Waals surface area contributed by atoms with Crippen molar-refractivity contribution >= 4 is 5.95 Å². The minimum absolute atomic E-state index is 0.0681. The molecule has 2 aromatic rings. The maximum absolute atomic E-state index is 5.82. The summed E-state index contributed by atoms with van der Waals surface area (Å²) in [6.07, 6.45) is 4.30. The predicted molar refractivity (Wildman–Crippen MR) is 80.4 cm³/mol. The second kappa shape index (κ2) is 5.29. The van der Waals surface area contributed by atoms with Crippen molar-refractivity contribution in [2.24, 2.45) is 0 Å². The fraction of sp³-hybridized carbons (Fsp3) is 0.438. The van der Waals surface area contributed by atoms with Gasteiger partial charge in [0.1, 0.15) is 0 Å². The Morgan fingerprint density at radius 2 is 2.15 bits per heavy atom. The van der Waals surface area contributed by atoms with Crippen molar-refractivity contribution in [3.8, 4) is 5.69 Å². The molecule has 4 nitrogen and oxygen atoms in total. The topological polar surface area (TPSA) is 39.1 Å². The second-order valence-corrected chi connectivity index (χ2v) is 5.67. The molecule has 0 radical (unpaired) electrons. The molecule has 1 aliphatic heterocycles. The van der Waals surface area contributed by atoms with E-state index in [1.54, 1.807) is 0 Å². The molecule has 0 bridgehead atoms. The summed E-state index contributed by atoms with van der Waals surface area (Å²) in [7, 11) is 0. The Labute approximate surface area is 119 Å². The summed E-state index contributed by atoms with van der Waals surface area (Å²) in [6, 6.07) is 10.3. The van der Waals surface area contributed by atoms with E-state index in [1.807, 2.05) is 25.1 Å². The van der Waals surface area contributed by atoms with Crippen LogP contribution in [0, 0.1) is 6.92 Å². The zero-order valence-electron chi connectivity index (χ0n) is 12.1. The highest BCUT2D eigenvalue weighted by atomic mass is 16.5. The molecule has 1 atom stereocenters. The molecule has 1 aliphatic rings. The van der Waals surface area contributed by atoms with Gasteiger partial charge >= 0.3 is 0 Å². The Morgan fingerprint density at radius 1 is 1.35 bits per heavy atom. The van der Waals surface area contributed by atoms with E-state index in [9.17, 15) is 0 Å². The lowest BCUT2D eigenvalue weighted by atomic mass is 10.0. The molecular formula is C16H21N3O. The Kier molecular flexibility index (Phi) is 3.49. The van der Waals surface area contributed by atoms with Gasteiger partial charge in [-0.2, -0.15) is 0 Å². The molecule has 0 amide bonds. The van der Waals surface area contributed by atoms with Crippen LogP contribution in [0.3, 0.4) is 0 Å². The molecule has 106 valence electrons. The molecular weight excluding hydrogens is 250 g/mol. The van der Waals surface area contributed by atoms with Gasteiger partial charge in [-0.15, -0.1) is 0 Å². The van der Waals surface area contributed by atoms with Crippen LogP contribution in [0.25, 0.3) is 5.69 Å². The number of nitrogens with zero attached hydrogens (tertiary/aromatic N) is 2. The number of ether oxygens (including phenoxy) is 1. The van der Waals surface area contributed by atoms with Crippen molar-refractivity contribution in [2.75, 3.05) is 18.5 Å². The van der Waals surface area contributed by atoms with Gasteiger partial charge in [-0.3, -0.25) is 4.57 Å². The van der Waals surface area contributed by atoms with E-state index in [4.69, 9.17) is 4.74 Å². The van der Waals surface area contributed by atoms with Gasteiger partial charge in [0.25, 0.3) is 0 Å². The number of rotatable bonds is 4. The third-order valence-corrected chi connectivity index (χ3v) is 3.78. The number of aromatic nitrogens is 2. The van der Waals surface area contributed by atoms with Crippen molar-refractivity contribution < 1.29 is 4.74 Å². The lowest BCUT2D eigenvalue weighted by molar-refractivity contribution is 0.0314. The van der Waals surface area contributed by atoms with Gasteiger partial charge in [0, 0.05) is 25.0 Å². The van der Waals surface area contributed by atoms with Gasteiger partial charge in [0.05, 0.1) is 11.3 Å². The standard InChI is InChI=1S/C16H21N3O/c1-13-11-19(14-7-4-3-5-8-14)15(18-13)17-12-16(2)9-6-10-20-16/h3-5,7-8,11H,6,9-10,12H2,1-2H3,(H,17,18). The Balaban J connectivity index is 1.80. The van der Waals surface area contributed by atoms with Crippen LogP contribution in [0.1, 0.15) is 25.5 Å². The van der Waals surface area contributed by atoms with E-state index < -0.39 is 0 Å². The van der Waals surface area contributed by atoms with Gasteiger partial charge in [-0.1, -0.05) is 18.2 Å². The number of anilines is 1. The first-order chi connectivity index (χ1) is 9.66. The Morgan fingerprint density at radius 3 is 2.85 bits per heavy atom. The van der Waals surface area contributed by atoms with Crippen LogP contribution in [0.2, 0.25) is 0 Å². The molecule has 1 fully saturated rings. The normalized spacial score (nSPS) is 22.1. The molecule has 1 aromatic heterocycles. The molecule has 0 aliphatic carbocycles. The molecule has 1 N–H and O–H groups in total. The summed E-state index contributed by atoms with van der Waals surface area (Å²) in [5, 5.41) is 3.44. The monoisotopic (exact) mass is 271 g/mol. The third-order valence-electron chi connectivity index (χ3n) is 3.78. The zero-order valence-corrected chi connectivity index (χ0v) is 12.1. The minimum atomic E-state index is -0.0681. The highest BCUT2D eigenvalue weighted by Crippen LogP contribution is 2.26. The quantitative estimate of drug-likeness (QED) is 0.928. The number of aryl methyl sites for hydroxylation is 1. The summed E-state index contributed by atoms with van der Waals surface area (Å²) >= 11 is 0. The number of hydrogen-bond acceptors (Lipinski definition) is 3. The third kappa shape index (κ3) is 2.70. The van der Waals surface area contributed by atoms with Crippen LogP contribution in [-0.2, 0) is 4.74 Å². The van der Waals surface area contributed by atoms with Crippen LogP contribution >= 0.6 is 0 Å². The first-order valence-electron chi connectivity index (χ1n) is 7.16. The number of imidazole rings is 1. The maximum atomic E-state index is 5.82. The minimum Gasteiger partial charge on any atom is -0.373 e. The molecule has 1 aromatic carbocycles. The van der Waals surface area contributed by atoms with E-state index in [2.05, 4.69) is 40.1 Å². The second-order valence-electron chi connectivity index (χ2n) is 5.67. The smallest absolute Gasteiger partial charge is 0.207 e. The lowest BCUT2D eigenvalue weighted by Crippen LogP contribution is -2.33. The average molecular weight is 271 g/mol. The molecule has 2 heterocycles. The molecule has 1 unspecified atom stereocenters. The van der Waals surface area contributed by atoms with Gasteiger partial charge in [0.2, 0.25) is 5.95 Å². The summed E-state index contributed by atoms with van der Waals surface area (Å²) in [5.74, 6) is 0.880.